The van der Waals surface area contributed by atoms with E-state index in [2.05, 4.69) is 9.96 Å². The van der Waals surface area contributed by atoms with Crippen molar-refractivity contribution in [3.8, 4) is 0 Å². The number of hydrogen-bond acceptors (Lipinski definition) is 2. The number of amides is 2. The highest BCUT2D eigenvalue weighted by atomic mass is 28.3. The fourth-order valence-corrected chi connectivity index (χ4v) is 3.57. The predicted molar refractivity (Wildman–Crippen MR) is 97.1 cm³/mol. The van der Waals surface area contributed by atoms with Gasteiger partial charge >= 0.3 is 9.12 Å². The van der Waals surface area contributed by atoms with Crippen LogP contribution in [-0.2, 0) is 22.4 Å². The summed E-state index contributed by atoms with van der Waals surface area (Å²) in [5.74, 6) is -0.179. The zero-order valence-electron chi connectivity index (χ0n) is 13.7. The van der Waals surface area contributed by atoms with Crippen LogP contribution < -0.4 is 9.96 Å². The van der Waals surface area contributed by atoms with Crippen molar-refractivity contribution in [3.05, 3.63) is 83.6 Å². The molecule has 2 N–H and O–H groups in total. The molecule has 0 saturated carbocycles. The number of nitrogens with one attached hydrogen (secondary N) is 2. The first-order valence-corrected chi connectivity index (χ1v) is 9.42. The smallest absolute Gasteiger partial charge is 0.326 e. The Morgan fingerprint density at radius 2 is 1.25 bits per heavy atom. The summed E-state index contributed by atoms with van der Waals surface area (Å²) >= 11 is 0. The van der Waals surface area contributed by atoms with Gasteiger partial charge in [-0.05, 0) is 18.1 Å². The molecule has 0 heterocycles. The summed E-state index contributed by atoms with van der Waals surface area (Å²) in [5, 5.41) is 0. The summed E-state index contributed by atoms with van der Waals surface area (Å²) in [5.41, 5.74) is 3.76. The third kappa shape index (κ3) is 6.22. The van der Waals surface area contributed by atoms with Crippen LogP contribution in [0.4, 0.5) is 0 Å². The predicted octanol–water partition coefficient (Wildman–Crippen LogP) is 2.31. The van der Waals surface area contributed by atoms with Crippen LogP contribution in [0.2, 0.25) is 0 Å². The summed E-state index contributed by atoms with van der Waals surface area (Å²) in [6.07, 6.45) is 2.46. The van der Waals surface area contributed by atoms with E-state index >= 15 is 0 Å². The molecule has 2 aromatic carbocycles. The molecule has 0 atom stereocenters. The second kappa shape index (κ2) is 9.47. The van der Waals surface area contributed by atoms with Gasteiger partial charge in [0.25, 0.3) is 0 Å². The second-order valence-electron chi connectivity index (χ2n) is 5.33. The van der Waals surface area contributed by atoms with Crippen molar-refractivity contribution in [2.24, 2.45) is 0 Å². The average Bonchev–Trinajstić information content (AvgIpc) is 2.56. The Balaban J connectivity index is 1.89. The number of carbonyl (C=O) groups is 2. The Hall–Kier alpha value is -2.66. The molecular formula is C19H21N2O2Si. The minimum Gasteiger partial charge on any atom is -0.361 e. The topological polar surface area (TPSA) is 58.2 Å². The maximum atomic E-state index is 12.2. The number of allylic oxidation sites excluding steroid dienone is 1. The molecule has 2 amide bonds. The molecule has 24 heavy (non-hydrogen) atoms. The highest BCUT2D eigenvalue weighted by Crippen LogP contribution is 2.01. The van der Waals surface area contributed by atoms with Crippen molar-refractivity contribution in [1.29, 1.82) is 0 Å². The van der Waals surface area contributed by atoms with E-state index in [4.69, 9.17) is 0 Å². The van der Waals surface area contributed by atoms with E-state index < -0.39 is 9.12 Å². The minimum absolute atomic E-state index is 0.0896. The molecule has 5 heteroatoms. The Labute approximate surface area is 144 Å². The molecule has 4 nitrogen and oxygen atoms in total. The zero-order chi connectivity index (χ0) is 17.2. The molecule has 0 aliphatic heterocycles. The quantitative estimate of drug-likeness (QED) is 0.762. The van der Waals surface area contributed by atoms with E-state index in [-0.39, 0.29) is 11.8 Å². The third-order valence-corrected chi connectivity index (χ3v) is 5.06. The van der Waals surface area contributed by atoms with E-state index in [1.54, 1.807) is 0 Å². The largest absolute Gasteiger partial charge is 0.361 e. The van der Waals surface area contributed by atoms with Gasteiger partial charge in [0.15, 0.2) is 0 Å². The minimum atomic E-state index is -1.61. The lowest BCUT2D eigenvalue weighted by Crippen LogP contribution is -2.52. The number of rotatable bonds is 7. The number of benzene rings is 2. The lowest BCUT2D eigenvalue weighted by Gasteiger charge is -2.14. The van der Waals surface area contributed by atoms with Gasteiger partial charge in [-0.2, -0.15) is 0 Å². The van der Waals surface area contributed by atoms with Crippen LogP contribution in [0, 0.1) is 0 Å². The summed E-state index contributed by atoms with van der Waals surface area (Å²) in [7, 11) is -1.61. The zero-order valence-corrected chi connectivity index (χ0v) is 14.7. The van der Waals surface area contributed by atoms with Crippen LogP contribution in [0.3, 0.4) is 0 Å². The SMILES string of the molecule is CC=C[Si](NC(=O)Cc1ccccc1)NC(=O)Cc1ccccc1. The van der Waals surface area contributed by atoms with Crippen molar-refractivity contribution in [1.82, 2.24) is 9.96 Å². The normalized spacial score (nSPS) is 10.8. The maximum Gasteiger partial charge on any atom is 0.326 e. The Bertz CT molecular complexity index is 632. The lowest BCUT2D eigenvalue weighted by atomic mass is 10.1. The van der Waals surface area contributed by atoms with Crippen LogP contribution >= 0.6 is 0 Å². The van der Waals surface area contributed by atoms with Crippen molar-refractivity contribution in [3.63, 3.8) is 0 Å². The van der Waals surface area contributed by atoms with Crippen LogP contribution in [0.15, 0.2) is 72.4 Å². The molecule has 0 bridgehead atoms. The number of hydrogen-bond donors (Lipinski definition) is 2. The highest BCUT2D eigenvalue weighted by molar-refractivity contribution is 6.64. The molecule has 0 aromatic heterocycles. The van der Waals surface area contributed by atoms with Gasteiger partial charge < -0.3 is 9.96 Å². The standard InChI is InChI=1S/C19H21N2O2Si/c1-2-13-24(20-18(22)14-16-9-5-3-6-10-16)21-19(23)15-17-11-7-4-8-12-17/h2-13H,14-15H2,1H3,(H,20,22)(H,21,23). The molecule has 1 radical (unpaired) electrons. The monoisotopic (exact) mass is 337 g/mol. The highest BCUT2D eigenvalue weighted by Gasteiger charge is 2.16. The molecule has 2 aromatic rings. The molecule has 123 valence electrons. The third-order valence-electron chi connectivity index (χ3n) is 3.30. The fraction of sp³-hybridized carbons (Fsp3) is 0.158. The van der Waals surface area contributed by atoms with Gasteiger partial charge in [0.1, 0.15) is 0 Å². The van der Waals surface area contributed by atoms with Gasteiger partial charge in [-0.15, -0.1) is 0 Å². The molecule has 0 saturated heterocycles. The van der Waals surface area contributed by atoms with Crippen LogP contribution in [-0.4, -0.2) is 20.9 Å². The van der Waals surface area contributed by atoms with Gasteiger partial charge in [-0.25, -0.2) is 0 Å². The first-order valence-electron chi connectivity index (χ1n) is 7.84. The van der Waals surface area contributed by atoms with Gasteiger partial charge in [-0.1, -0.05) is 72.4 Å². The van der Waals surface area contributed by atoms with Crippen molar-refractivity contribution >= 4 is 20.9 Å². The second-order valence-corrected chi connectivity index (χ2v) is 7.00. The summed E-state index contributed by atoms with van der Waals surface area (Å²) in [6.45, 7) is 1.87. The molecule has 2 rings (SSSR count). The Morgan fingerprint density at radius 3 is 1.62 bits per heavy atom. The molecule has 0 unspecified atom stereocenters. The molecular weight excluding hydrogens is 316 g/mol. The van der Waals surface area contributed by atoms with Gasteiger partial charge in [0, 0.05) is 0 Å². The van der Waals surface area contributed by atoms with Gasteiger partial charge in [0.05, 0.1) is 12.8 Å². The molecule has 0 aliphatic carbocycles. The molecule has 0 aliphatic rings. The van der Waals surface area contributed by atoms with Crippen molar-refractivity contribution < 1.29 is 9.59 Å². The first-order chi connectivity index (χ1) is 11.7. The summed E-state index contributed by atoms with van der Waals surface area (Å²) in [6, 6.07) is 19.1. The maximum absolute atomic E-state index is 12.2. The molecule has 0 spiro atoms. The van der Waals surface area contributed by atoms with E-state index in [1.807, 2.05) is 79.4 Å². The van der Waals surface area contributed by atoms with Gasteiger partial charge in [-0.3, -0.25) is 9.59 Å². The average molecular weight is 337 g/mol. The van der Waals surface area contributed by atoms with E-state index in [0.717, 1.165) is 11.1 Å². The fourth-order valence-electron chi connectivity index (χ4n) is 2.23. The van der Waals surface area contributed by atoms with Crippen LogP contribution in [0.5, 0.6) is 0 Å². The van der Waals surface area contributed by atoms with Crippen molar-refractivity contribution in [2.45, 2.75) is 19.8 Å². The van der Waals surface area contributed by atoms with Crippen molar-refractivity contribution in [2.75, 3.05) is 0 Å². The first kappa shape index (κ1) is 17.7. The van der Waals surface area contributed by atoms with Gasteiger partial charge in [0.2, 0.25) is 11.8 Å². The van der Waals surface area contributed by atoms with E-state index in [0.29, 0.717) is 12.8 Å². The van der Waals surface area contributed by atoms with Crippen LogP contribution in [0.25, 0.3) is 0 Å². The molecule has 0 fully saturated rings. The number of carbonyl (C=O) groups excluding carboxylic acids is 2. The summed E-state index contributed by atoms with van der Waals surface area (Å²) < 4.78 is 0. The van der Waals surface area contributed by atoms with Crippen LogP contribution in [0.1, 0.15) is 18.1 Å². The Kier molecular flexibility index (Phi) is 6.98. The lowest BCUT2D eigenvalue weighted by molar-refractivity contribution is -0.119. The van der Waals surface area contributed by atoms with E-state index in [9.17, 15) is 9.59 Å². The van der Waals surface area contributed by atoms with E-state index in [1.165, 1.54) is 0 Å². The Morgan fingerprint density at radius 1 is 0.833 bits per heavy atom. The summed E-state index contributed by atoms with van der Waals surface area (Å²) in [4.78, 5) is 30.2.